The van der Waals surface area contributed by atoms with Crippen molar-refractivity contribution in [3.63, 3.8) is 0 Å². The number of rotatable bonds is 2. The Bertz CT molecular complexity index is 187. The van der Waals surface area contributed by atoms with Crippen molar-refractivity contribution in [2.45, 2.75) is 4.90 Å². The van der Waals surface area contributed by atoms with Crippen molar-refractivity contribution in [2.75, 3.05) is 18.6 Å². The van der Waals surface area contributed by atoms with Crippen LogP contribution in [0.4, 0.5) is 5.69 Å². The maximum atomic E-state index is 3.13. The molecule has 0 aliphatic rings. The first-order valence-electron chi connectivity index (χ1n) is 3.19. The Balaban J connectivity index is 2.96. The van der Waals surface area contributed by atoms with Crippen LogP contribution in [0.2, 0.25) is 0 Å². The van der Waals surface area contributed by atoms with Gasteiger partial charge in [-0.3, -0.25) is 0 Å². The fourth-order valence-corrected chi connectivity index (χ4v) is 1.46. The Kier molecular flexibility index (Phi) is 2.63. The molecule has 0 heterocycles. The van der Waals surface area contributed by atoms with Gasteiger partial charge in [0.1, 0.15) is 0 Å². The van der Waals surface area contributed by atoms with E-state index in [1.165, 1.54) is 10.6 Å². The zero-order valence-electron chi connectivity index (χ0n) is 6.22. The van der Waals surface area contributed by atoms with Gasteiger partial charge in [-0.15, -0.1) is 11.8 Å². The highest BCUT2D eigenvalue weighted by Crippen LogP contribution is 2.23. The van der Waals surface area contributed by atoms with Gasteiger partial charge in [-0.05, 0) is 18.4 Å². The van der Waals surface area contributed by atoms with Gasteiger partial charge in [0.15, 0.2) is 0 Å². The summed E-state index contributed by atoms with van der Waals surface area (Å²) in [5, 5.41) is 3.13. The van der Waals surface area contributed by atoms with Crippen LogP contribution < -0.4 is 5.32 Å². The van der Waals surface area contributed by atoms with E-state index in [1.54, 1.807) is 11.8 Å². The molecule has 0 aliphatic carbocycles. The molecule has 1 N–H and O–H groups in total. The fraction of sp³-hybridized carbons (Fsp3) is 0.250. The van der Waals surface area contributed by atoms with E-state index >= 15 is 0 Å². The zero-order chi connectivity index (χ0) is 7.40. The van der Waals surface area contributed by atoms with Gasteiger partial charge in [-0.1, -0.05) is 12.1 Å². The second-order valence-electron chi connectivity index (χ2n) is 1.95. The van der Waals surface area contributed by atoms with E-state index in [4.69, 9.17) is 0 Å². The van der Waals surface area contributed by atoms with Crippen molar-refractivity contribution in [3.05, 3.63) is 24.3 Å². The lowest BCUT2D eigenvalue weighted by atomic mass is 10.3. The predicted octanol–water partition coefficient (Wildman–Crippen LogP) is 2.45. The molecule has 0 bridgehead atoms. The average Bonchev–Trinajstić information content (AvgIpc) is 2.04. The molecule has 1 nitrogen and oxygen atoms in total. The minimum Gasteiger partial charge on any atom is -0.387 e. The van der Waals surface area contributed by atoms with Crippen molar-refractivity contribution in [1.82, 2.24) is 0 Å². The van der Waals surface area contributed by atoms with Crippen LogP contribution in [0.3, 0.4) is 0 Å². The summed E-state index contributed by atoms with van der Waals surface area (Å²) in [6.45, 7) is 0. The molecule has 0 saturated heterocycles. The highest BCUT2D eigenvalue weighted by Gasteiger charge is 1.94. The first-order chi connectivity index (χ1) is 4.88. The predicted molar refractivity (Wildman–Crippen MR) is 47.8 cm³/mol. The first kappa shape index (κ1) is 7.48. The molecule has 10 heavy (non-hydrogen) atoms. The zero-order valence-corrected chi connectivity index (χ0v) is 7.03. The van der Waals surface area contributed by atoms with E-state index in [0.717, 1.165) is 0 Å². The van der Waals surface area contributed by atoms with Crippen molar-refractivity contribution in [1.29, 1.82) is 0 Å². The Morgan fingerprint density at radius 3 is 2.50 bits per heavy atom. The van der Waals surface area contributed by atoms with Crippen LogP contribution >= 0.6 is 11.8 Å². The van der Waals surface area contributed by atoms with Crippen LogP contribution in [-0.4, -0.2) is 13.3 Å². The van der Waals surface area contributed by atoms with Gasteiger partial charge in [0.05, 0.1) is 0 Å². The summed E-state index contributed by atoms with van der Waals surface area (Å²) < 4.78 is 0. The molecule has 0 saturated carbocycles. The molecule has 0 fully saturated rings. The SMILES string of the molecule is CNc1ccccc1SC. The van der Waals surface area contributed by atoms with E-state index in [2.05, 4.69) is 23.7 Å². The first-order valence-corrected chi connectivity index (χ1v) is 4.41. The quantitative estimate of drug-likeness (QED) is 0.655. The molecule has 2 heteroatoms. The van der Waals surface area contributed by atoms with Gasteiger partial charge >= 0.3 is 0 Å². The van der Waals surface area contributed by atoms with E-state index in [0.29, 0.717) is 0 Å². The maximum Gasteiger partial charge on any atom is 0.0475 e. The molecule has 0 spiro atoms. The Labute approximate surface area is 65.8 Å². The summed E-state index contributed by atoms with van der Waals surface area (Å²) in [7, 11) is 1.94. The van der Waals surface area contributed by atoms with Gasteiger partial charge in [-0.25, -0.2) is 0 Å². The topological polar surface area (TPSA) is 12.0 Å². The third-order valence-corrected chi connectivity index (χ3v) is 2.17. The number of thioether (sulfide) groups is 1. The van der Waals surface area contributed by atoms with E-state index in [9.17, 15) is 0 Å². The normalized spacial score (nSPS) is 9.40. The number of hydrogen-bond donors (Lipinski definition) is 1. The van der Waals surface area contributed by atoms with E-state index in [-0.39, 0.29) is 0 Å². The molecule has 0 atom stereocenters. The van der Waals surface area contributed by atoms with Crippen LogP contribution in [0.5, 0.6) is 0 Å². The van der Waals surface area contributed by atoms with Crippen molar-refractivity contribution in [3.8, 4) is 0 Å². The monoisotopic (exact) mass is 153 g/mol. The number of anilines is 1. The second-order valence-corrected chi connectivity index (χ2v) is 2.80. The van der Waals surface area contributed by atoms with Gasteiger partial charge < -0.3 is 5.32 Å². The lowest BCUT2D eigenvalue weighted by Gasteiger charge is -2.03. The molecule has 0 amide bonds. The molecular formula is C8H11NS. The molecule has 1 aromatic carbocycles. The molecule has 1 rings (SSSR count). The molecule has 0 aliphatic heterocycles. The smallest absolute Gasteiger partial charge is 0.0475 e. The summed E-state index contributed by atoms with van der Waals surface area (Å²) in [4.78, 5) is 1.30. The van der Waals surface area contributed by atoms with Crippen LogP contribution in [-0.2, 0) is 0 Å². The summed E-state index contributed by atoms with van der Waals surface area (Å²) in [6, 6.07) is 8.26. The van der Waals surface area contributed by atoms with Crippen LogP contribution in [0.15, 0.2) is 29.2 Å². The average molecular weight is 153 g/mol. The van der Waals surface area contributed by atoms with Crippen LogP contribution in [0.1, 0.15) is 0 Å². The number of benzene rings is 1. The third-order valence-electron chi connectivity index (χ3n) is 1.38. The summed E-state index contributed by atoms with van der Waals surface area (Å²) in [5.41, 5.74) is 1.20. The number of hydrogen-bond acceptors (Lipinski definition) is 2. The fourth-order valence-electron chi connectivity index (χ4n) is 0.851. The Morgan fingerprint density at radius 1 is 1.30 bits per heavy atom. The van der Waals surface area contributed by atoms with Crippen molar-refractivity contribution in [2.24, 2.45) is 0 Å². The van der Waals surface area contributed by atoms with Crippen LogP contribution in [0.25, 0.3) is 0 Å². The molecule has 0 unspecified atom stereocenters. The van der Waals surface area contributed by atoms with Gasteiger partial charge in [0, 0.05) is 17.6 Å². The lowest BCUT2D eigenvalue weighted by molar-refractivity contribution is 1.39. The summed E-state index contributed by atoms with van der Waals surface area (Å²) >= 11 is 1.76. The molecule has 0 radical (unpaired) electrons. The van der Waals surface area contributed by atoms with Gasteiger partial charge in [0.25, 0.3) is 0 Å². The Morgan fingerprint density at radius 2 is 2.00 bits per heavy atom. The van der Waals surface area contributed by atoms with Crippen molar-refractivity contribution < 1.29 is 0 Å². The standard InChI is InChI=1S/C8H11NS/c1-9-7-5-3-4-6-8(7)10-2/h3-6,9H,1-2H3. The molecular weight excluding hydrogens is 142 g/mol. The summed E-state index contributed by atoms with van der Waals surface area (Å²) in [6.07, 6.45) is 2.08. The minimum absolute atomic E-state index is 1.20. The number of nitrogens with one attached hydrogen (secondary N) is 1. The summed E-state index contributed by atoms with van der Waals surface area (Å²) in [5.74, 6) is 0. The van der Waals surface area contributed by atoms with Gasteiger partial charge in [-0.2, -0.15) is 0 Å². The van der Waals surface area contributed by atoms with Gasteiger partial charge in [0.2, 0.25) is 0 Å². The maximum absolute atomic E-state index is 3.13. The molecule has 54 valence electrons. The highest BCUT2D eigenvalue weighted by atomic mass is 32.2. The highest BCUT2D eigenvalue weighted by molar-refractivity contribution is 7.98. The molecule has 1 aromatic rings. The van der Waals surface area contributed by atoms with E-state index in [1.807, 2.05) is 19.2 Å². The number of para-hydroxylation sites is 1. The third kappa shape index (κ3) is 1.45. The van der Waals surface area contributed by atoms with Crippen molar-refractivity contribution >= 4 is 17.4 Å². The lowest BCUT2D eigenvalue weighted by Crippen LogP contribution is -1.88. The minimum atomic E-state index is 1.20. The Hall–Kier alpha value is -0.630. The van der Waals surface area contributed by atoms with E-state index < -0.39 is 0 Å². The second kappa shape index (κ2) is 3.52. The largest absolute Gasteiger partial charge is 0.387 e. The molecule has 0 aromatic heterocycles. The van der Waals surface area contributed by atoms with Crippen LogP contribution in [0, 0.1) is 0 Å².